The van der Waals surface area contributed by atoms with Crippen molar-refractivity contribution in [3.8, 4) is 0 Å². The number of rotatable bonds is 4. The van der Waals surface area contributed by atoms with Crippen LogP contribution in [0.25, 0.3) is 0 Å². The van der Waals surface area contributed by atoms with Crippen LogP contribution < -0.4 is 0 Å². The van der Waals surface area contributed by atoms with Gasteiger partial charge >= 0.3 is 5.97 Å². The second-order valence-corrected chi connectivity index (χ2v) is 4.98. The molecule has 0 amide bonds. The first-order valence-electron chi connectivity index (χ1n) is 7.12. The third-order valence-corrected chi connectivity index (χ3v) is 3.66. The standard InChI is InChI=1S/C15H18N4O2/c1-2-21-15(20)14(12-6-4-3-5-7-12)18-8-9-19-11-16-17-13(19)10-18/h3-7,11,14H,2,8-10H2,1H3. The molecule has 1 unspecified atom stereocenters. The van der Waals surface area contributed by atoms with E-state index in [1.165, 1.54) is 0 Å². The average Bonchev–Trinajstić information content (AvgIpc) is 2.96. The normalized spacial score (nSPS) is 16.2. The summed E-state index contributed by atoms with van der Waals surface area (Å²) in [5.41, 5.74) is 0.948. The van der Waals surface area contributed by atoms with Crippen LogP contribution in [0.15, 0.2) is 36.7 Å². The third-order valence-electron chi connectivity index (χ3n) is 3.66. The molecule has 0 saturated heterocycles. The Morgan fingerprint density at radius 2 is 2.14 bits per heavy atom. The summed E-state index contributed by atoms with van der Waals surface area (Å²) in [6.45, 7) is 4.35. The van der Waals surface area contributed by atoms with Gasteiger partial charge in [0.25, 0.3) is 0 Å². The van der Waals surface area contributed by atoms with Crippen LogP contribution >= 0.6 is 0 Å². The first kappa shape index (κ1) is 13.8. The molecule has 0 bridgehead atoms. The number of ether oxygens (including phenoxy) is 1. The predicted molar refractivity (Wildman–Crippen MR) is 76.2 cm³/mol. The summed E-state index contributed by atoms with van der Waals surface area (Å²) in [5.74, 6) is 0.670. The lowest BCUT2D eigenvalue weighted by molar-refractivity contribution is -0.150. The highest BCUT2D eigenvalue weighted by Crippen LogP contribution is 2.26. The zero-order valence-corrected chi connectivity index (χ0v) is 12.0. The molecule has 0 N–H and O–H groups in total. The summed E-state index contributed by atoms with van der Waals surface area (Å²) in [6.07, 6.45) is 1.73. The van der Waals surface area contributed by atoms with Crippen LogP contribution in [-0.4, -0.2) is 38.8 Å². The molecule has 2 heterocycles. The van der Waals surface area contributed by atoms with Gasteiger partial charge in [-0.05, 0) is 12.5 Å². The molecule has 110 valence electrons. The largest absolute Gasteiger partial charge is 0.465 e. The smallest absolute Gasteiger partial charge is 0.328 e. The van der Waals surface area contributed by atoms with Crippen LogP contribution in [0.5, 0.6) is 0 Å². The number of benzene rings is 1. The number of hydrogen-bond donors (Lipinski definition) is 0. The SMILES string of the molecule is CCOC(=O)C(c1ccccc1)N1CCn2cnnc2C1. The second-order valence-electron chi connectivity index (χ2n) is 4.98. The van der Waals surface area contributed by atoms with E-state index in [1.807, 2.05) is 41.8 Å². The third kappa shape index (κ3) is 2.80. The second kappa shape index (κ2) is 6.05. The van der Waals surface area contributed by atoms with Gasteiger partial charge in [0.1, 0.15) is 18.2 Å². The molecule has 0 saturated carbocycles. The zero-order chi connectivity index (χ0) is 14.7. The molecule has 6 heteroatoms. The number of fused-ring (bicyclic) bond motifs is 1. The molecule has 0 radical (unpaired) electrons. The Balaban J connectivity index is 1.88. The van der Waals surface area contributed by atoms with Crippen LogP contribution in [0.1, 0.15) is 24.4 Å². The molecular formula is C15H18N4O2. The molecule has 1 aromatic carbocycles. The topological polar surface area (TPSA) is 60.2 Å². The molecule has 0 fully saturated rings. The van der Waals surface area contributed by atoms with Crippen molar-refractivity contribution >= 4 is 5.97 Å². The van der Waals surface area contributed by atoms with Crippen LogP contribution in [0.3, 0.4) is 0 Å². The van der Waals surface area contributed by atoms with E-state index < -0.39 is 6.04 Å². The highest BCUT2D eigenvalue weighted by Gasteiger charge is 2.32. The number of aromatic nitrogens is 3. The summed E-state index contributed by atoms with van der Waals surface area (Å²) < 4.78 is 7.28. The maximum Gasteiger partial charge on any atom is 0.328 e. The first-order chi connectivity index (χ1) is 10.3. The van der Waals surface area contributed by atoms with Crippen molar-refractivity contribution < 1.29 is 9.53 Å². The Labute approximate surface area is 123 Å². The van der Waals surface area contributed by atoms with Crippen molar-refractivity contribution in [1.82, 2.24) is 19.7 Å². The Kier molecular flexibility index (Phi) is 3.96. The highest BCUT2D eigenvalue weighted by atomic mass is 16.5. The minimum Gasteiger partial charge on any atom is -0.465 e. The van der Waals surface area contributed by atoms with Gasteiger partial charge in [-0.1, -0.05) is 30.3 Å². The van der Waals surface area contributed by atoms with Crippen molar-refractivity contribution in [2.45, 2.75) is 26.1 Å². The molecule has 2 aromatic rings. The minimum absolute atomic E-state index is 0.211. The van der Waals surface area contributed by atoms with Gasteiger partial charge in [-0.2, -0.15) is 0 Å². The number of nitrogens with zero attached hydrogens (tertiary/aromatic N) is 4. The maximum absolute atomic E-state index is 12.4. The van der Waals surface area contributed by atoms with Crippen LogP contribution in [-0.2, 0) is 22.6 Å². The average molecular weight is 286 g/mol. The molecule has 1 atom stereocenters. The molecule has 3 rings (SSSR count). The fourth-order valence-electron chi connectivity index (χ4n) is 2.66. The molecule has 21 heavy (non-hydrogen) atoms. The summed E-state index contributed by atoms with van der Waals surface area (Å²) in [4.78, 5) is 14.5. The van der Waals surface area contributed by atoms with E-state index in [0.29, 0.717) is 13.2 Å². The number of carbonyl (C=O) groups is 1. The Bertz CT molecular complexity index is 611. The Hall–Kier alpha value is -2.21. The van der Waals surface area contributed by atoms with Gasteiger partial charge in [-0.25, -0.2) is 4.79 Å². The van der Waals surface area contributed by atoms with Crippen molar-refractivity contribution in [3.05, 3.63) is 48.0 Å². The van der Waals surface area contributed by atoms with Crippen molar-refractivity contribution in [2.24, 2.45) is 0 Å². The molecule has 6 nitrogen and oxygen atoms in total. The maximum atomic E-state index is 12.4. The van der Waals surface area contributed by atoms with Gasteiger partial charge in [0, 0.05) is 13.1 Å². The van der Waals surface area contributed by atoms with Gasteiger partial charge in [0.05, 0.1) is 13.2 Å². The van der Waals surface area contributed by atoms with E-state index in [0.717, 1.165) is 24.5 Å². The quantitative estimate of drug-likeness (QED) is 0.795. The summed E-state index contributed by atoms with van der Waals surface area (Å²) in [5, 5.41) is 8.03. The van der Waals surface area contributed by atoms with Crippen molar-refractivity contribution in [1.29, 1.82) is 0 Å². The molecule has 1 aliphatic heterocycles. The highest BCUT2D eigenvalue weighted by molar-refractivity contribution is 5.77. The molecule has 0 spiro atoms. The van der Waals surface area contributed by atoms with E-state index in [1.54, 1.807) is 6.33 Å². The fraction of sp³-hybridized carbons (Fsp3) is 0.400. The van der Waals surface area contributed by atoms with E-state index in [9.17, 15) is 4.79 Å². The molecule has 1 aromatic heterocycles. The summed E-state index contributed by atoms with van der Waals surface area (Å²) in [7, 11) is 0. The first-order valence-corrected chi connectivity index (χ1v) is 7.12. The monoisotopic (exact) mass is 286 g/mol. The molecule has 1 aliphatic rings. The van der Waals surface area contributed by atoms with E-state index in [-0.39, 0.29) is 5.97 Å². The molecule has 0 aliphatic carbocycles. The summed E-state index contributed by atoms with van der Waals surface area (Å²) in [6, 6.07) is 9.35. The van der Waals surface area contributed by atoms with Gasteiger partial charge in [-0.15, -0.1) is 10.2 Å². The number of esters is 1. The van der Waals surface area contributed by atoms with Crippen LogP contribution in [0.2, 0.25) is 0 Å². The van der Waals surface area contributed by atoms with E-state index in [4.69, 9.17) is 4.74 Å². The lowest BCUT2D eigenvalue weighted by Crippen LogP contribution is -2.40. The minimum atomic E-state index is -0.392. The van der Waals surface area contributed by atoms with Gasteiger partial charge in [0.15, 0.2) is 0 Å². The number of hydrogen-bond acceptors (Lipinski definition) is 5. The van der Waals surface area contributed by atoms with E-state index >= 15 is 0 Å². The Morgan fingerprint density at radius 3 is 2.90 bits per heavy atom. The fourth-order valence-corrected chi connectivity index (χ4v) is 2.66. The van der Waals surface area contributed by atoms with Crippen LogP contribution in [0, 0.1) is 0 Å². The van der Waals surface area contributed by atoms with Crippen LogP contribution in [0.4, 0.5) is 0 Å². The van der Waals surface area contributed by atoms with E-state index in [2.05, 4.69) is 15.1 Å². The zero-order valence-electron chi connectivity index (χ0n) is 12.0. The number of carbonyl (C=O) groups excluding carboxylic acids is 1. The lowest BCUT2D eigenvalue weighted by Gasteiger charge is -2.33. The predicted octanol–water partition coefficient (Wildman–Crippen LogP) is 1.40. The Morgan fingerprint density at radius 1 is 1.33 bits per heavy atom. The van der Waals surface area contributed by atoms with Gasteiger partial charge in [0.2, 0.25) is 0 Å². The van der Waals surface area contributed by atoms with Crippen molar-refractivity contribution in [3.63, 3.8) is 0 Å². The summed E-state index contributed by atoms with van der Waals surface area (Å²) >= 11 is 0. The van der Waals surface area contributed by atoms with Crippen molar-refractivity contribution in [2.75, 3.05) is 13.2 Å². The van der Waals surface area contributed by atoms with Gasteiger partial charge < -0.3 is 9.30 Å². The lowest BCUT2D eigenvalue weighted by atomic mass is 10.0. The molecular weight excluding hydrogens is 268 g/mol. The van der Waals surface area contributed by atoms with Gasteiger partial charge in [-0.3, -0.25) is 4.90 Å².